The number of carbonyl (C=O) groups is 2. The molecule has 3 aliphatic carbocycles. The topological polar surface area (TPSA) is 37.4 Å². The summed E-state index contributed by atoms with van der Waals surface area (Å²) in [5.74, 6) is 0.300. The number of allylic oxidation sites excluding steroid dienone is 2. The van der Waals surface area contributed by atoms with Crippen molar-refractivity contribution in [2.75, 3.05) is 4.90 Å². The lowest BCUT2D eigenvalue weighted by molar-refractivity contribution is -0.124. The number of hydrogen-bond donors (Lipinski definition) is 0. The van der Waals surface area contributed by atoms with Crippen molar-refractivity contribution >= 4 is 17.5 Å². The highest BCUT2D eigenvalue weighted by Gasteiger charge is 2.56. The molecule has 3 heteroatoms. The van der Waals surface area contributed by atoms with Gasteiger partial charge in [-0.1, -0.05) is 31.2 Å². The molecule has 0 spiro atoms. The summed E-state index contributed by atoms with van der Waals surface area (Å²) < 4.78 is 0. The van der Waals surface area contributed by atoms with Crippen LogP contribution in [0.15, 0.2) is 36.4 Å². The van der Waals surface area contributed by atoms with E-state index in [0.29, 0.717) is 0 Å². The number of benzene rings is 1. The number of hydrogen-bond acceptors (Lipinski definition) is 2. The number of imide groups is 1. The summed E-state index contributed by atoms with van der Waals surface area (Å²) >= 11 is 0. The lowest BCUT2D eigenvalue weighted by Crippen LogP contribution is -2.38. The zero-order valence-electron chi connectivity index (χ0n) is 12.2. The number of amides is 2. The van der Waals surface area contributed by atoms with Crippen LogP contribution in [0.5, 0.6) is 0 Å². The van der Waals surface area contributed by atoms with Gasteiger partial charge in [0.15, 0.2) is 0 Å². The highest BCUT2D eigenvalue weighted by Crippen LogP contribution is 2.50. The van der Waals surface area contributed by atoms with Crippen LogP contribution < -0.4 is 4.90 Å². The van der Waals surface area contributed by atoms with Crippen LogP contribution in [0.25, 0.3) is 0 Å². The average molecular weight is 281 g/mol. The van der Waals surface area contributed by atoms with Crippen molar-refractivity contribution in [2.45, 2.75) is 26.2 Å². The van der Waals surface area contributed by atoms with Gasteiger partial charge in [0.25, 0.3) is 0 Å². The lowest BCUT2D eigenvalue weighted by Gasteiger charge is -2.38. The molecule has 0 unspecified atom stereocenters. The third kappa shape index (κ3) is 1.73. The van der Waals surface area contributed by atoms with E-state index in [9.17, 15) is 9.59 Å². The first kappa shape index (κ1) is 12.8. The van der Waals surface area contributed by atoms with Crippen LogP contribution in [0.2, 0.25) is 0 Å². The molecule has 0 aromatic heterocycles. The van der Waals surface area contributed by atoms with Crippen LogP contribution in [0.3, 0.4) is 0 Å². The van der Waals surface area contributed by atoms with Crippen molar-refractivity contribution < 1.29 is 9.59 Å². The van der Waals surface area contributed by atoms with E-state index in [0.717, 1.165) is 24.9 Å². The Morgan fingerprint density at radius 1 is 0.952 bits per heavy atom. The minimum absolute atomic E-state index is 0.00768. The van der Waals surface area contributed by atoms with Gasteiger partial charge in [-0.05, 0) is 48.8 Å². The highest BCUT2D eigenvalue weighted by molar-refractivity contribution is 6.22. The van der Waals surface area contributed by atoms with Crippen LogP contribution in [0.4, 0.5) is 5.69 Å². The van der Waals surface area contributed by atoms with Crippen molar-refractivity contribution in [1.29, 1.82) is 0 Å². The third-order valence-electron chi connectivity index (χ3n) is 5.36. The maximum atomic E-state index is 12.8. The summed E-state index contributed by atoms with van der Waals surface area (Å²) in [6.07, 6.45) is 7.36. The smallest absolute Gasteiger partial charge is 0.238 e. The first-order valence-corrected chi connectivity index (χ1v) is 7.85. The second-order valence-corrected chi connectivity index (χ2v) is 6.37. The van der Waals surface area contributed by atoms with Gasteiger partial charge in [0, 0.05) is 0 Å². The summed E-state index contributed by atoms with van der Waals surface area (Å²) in [6, 6.07) is 7.82. The molecule has 2 bridgehead atoms. The van der Waals surface area contributed by atoms with E-state index in [-0.39, 0.29) is 35.5 Å². The number of anilines is 1. The maximum Gasteiger partial charge on any atom is 0.238 e. The summed E-state index contributed by atoms with van der Waals surface area (Å²) in [6.45, 7) is 2.10. The number of rotatable bonds is 2. The van der Waals surface area contributed by atoms with E-state index in [4.69, 9.17) is 0 Å². The number of nitrogens with zero attached hydrogens (tertiary/aromatic N) is 1. The monoisotopic (exact) mass is 281 g/mol. The Kier molecular flexibility index (Phi) is 2.78. The van der Waals surface area contributed by atoms with Crippen LogP contribution in [0.1, 0.15) is 25.3 Å². The lowest BCUT2D eigenvalue weighted by atomic mass is 9.63. The zero-order chi connectivity index (χ0) is 14.6. The quantitative estimate of drug-likeness (QED) is 0.617. The standard InChI is InChI=1S/C18H19NO2/c1-2-11-3-9-14(10-4-11)19-17(20)15-12-5-6-13(8-7-12)16(15)18(19)21/h3-6,9-10,12-13,15-16H,2,7-8H2,1H3/t12-,13+,15-,16+. The van der Waals surface area contributed by atoms with E-state index in [1.165, 1.54) is 10.5 Å². The summed E-state index contributed by atoms with van der Waals surface area (Å²) in [7, 11) is 0. The van der Waals surface area contributed by atoms with Gasteiger partial charge in [-0.2, -0.15) is 0 Å². The second kappa shape index (κ2) is 4.55. The van der Waals surface area contributed by atoms with Gasteiger partial charge in [0.05, 0.1) is 17.5 Å². The van der Waals surface area contributed by atoms with Crippen molar-refractivity contribution in [3.63, 3.8) is 0 Å². The Morgan fingerprint density at radius 2 is 1.48 bits per heavy atom. The predicted octanol–water partition coefficient (Wildman–Crippen LogP) is 2.95. The fourth-order valence-corrected chi connectivity index (χ4v) is 4.21. The molecule has 3 nitrogen and oxygen atoms in total. The Morgan fingerprint density at radius 3 is 1.90 bits per heavy atom. The van der Waals surface area contributed by atoms with Crippen molar-refractivity contribution in [1.82, 2.24) is 0 Å². The van der Waals surface area contributed by atoms with Gasteiger partial charge in [-0.3, -0.25) is 14.5 Å². The van der Waals surface area contributed by atoms with Gasteiger partial charge >= 0.3 is 0 Å². The summed E-state index contributed by atoms with van der Waals surface area (Å²) in [5.41, 5.74) is 1.95. The highest BCUT2D eigenvalue weighted by atomic mass is 16.2. The Bertz CT molecular complexity index is 599. The molecule has 0 N–H and O–H groups in total. The molecule has 4 atom stereocenters. The SMILES string of the molecule is CCc1ccc(N2C(=O)[C@@H]3[C@H](C2=O)[C@@H]2C=C[C@H]3CC2)cc1. The Balaban J connectivity index is 1.71. The normalized spacial score (nSPS) is 33.7. The largest absolute Gasteiger partial charge is 0.274 e. The molecule has 1 heterocycles. The molecular formula is C18H19NO2. The van der Waals surface area contributed by atoms with E-state index >= 15 is 0 Å². The van der Waals surface area contributed by atoms with E-state index in [1.54, 1.807) is 0 Å². The van der Waals surface area contributed by atoms with Gasteiger partial charge in [-0.25, -0.2) is 0 Å². The Hall–Kier alpha value is -1.90. The van der Waals surface area contributed by atoms with E-state index in [2.05, 4.69) is 19.1 Å². The minimum atomic E-state index is -0.118. The van der Waals surface area contributed by atoms with Gasteiger partial charge in [0.2, 0.25) is 11.8 Å². The van der Waals surface area contributed by atoms with E-state index < -0.39 is 0 Å². The first-order chi connectivity index (χ1) is 10.2. The molecular weight excluding hydrogens is 262 g/mol. The van der Waals surface area contributed by atoms with Crippen molar-refractivity contribution in [3.05, 3.63) is 42.0 Å². The number of aryl methyl sites for hydroxylation is 1. The van der Waals surface area contributed by atoms with Gasteiger partial charge in [-0.15, -0.1) is 0 Å². The van der Waals surface area contributed by atoms with Crippen molar-refractivity contribution in [2.24, 2.45) is 23.7 Å². The molecule has 5 rings (SSSR count). The number of fused-ring (bicyclic) bond motifs is 1. The zero-order valence-corrected chi connectivity index (χ0v) is 12.2. The molecule has 2 amide bonds. The molecule has 2 fully saturated rings. The predicted molar refractivity (Wildman–Crippen MR) is 80.6 cm³/mol. The molecule has 1 aromatic rings. The van der Waals surface area contributed by atoms with Crippen LogP contribution >= 0.6 is 0 Å². The van der Waals surface area contributed by atoms with Crippen molar-refractivity contribution in [3.8, 4) is 0 Å². The molecule has 1 aromatic carbocycles. The Labute approximate surface area is 124 Å². The number of carbonyl (C=O) groups excluding carboxylic acids is 2. The average Bonchev–Trinajstić information content (AvgIpc) is 2.82. The molecule has 1 saturated heterocycles. The molecule has 108 valence electrons. The van der Waals surface area contributed by atoms with E-state index in [1.807, 2.05) is 24.3 Å². The van der Waals surface area contributed by atoms with Gasteiger partial charge in [0.1, 0.15) is 0 Å². The van der Waals surface area contributed by atoms with Gasteiger partial charge < -0.3 is 0 Å². The summed E-state index contributed by atoms with van der Waals surface area (Å²) in [4.78, 5) is 27.0. The van der Waals surface area contributed by atoms with Crippen LogP contribution in [0, 0.1) is 23.7 Å². The molecule has 1 saturated carbocycles. The van der Waals surface area contributed by atoms with Crippen LogP contribution in [-0.4, -0.2) is 11.8 Å². The fourth-order valence-electron chi connectivity index (χ4n) is 4.21. The third-order valence-corrected chi connectivity index (χ3v) is 5.36. The van der Waals surface area contributed by atoms with Crippen LogP contribution in [-0.2, 0) is 16.0 Å². The second-order valence-electron chi connectivity index (χ2n) is 6.37. The molecule has 4 aliphatic rings. The fraction of sp³-hybridized carbons (Fsp3) is 0.444. The molecule has 21 heavy (non-hydrogen) atoms. The minimum Gasteiger partial charge on any atom is -0.274 e. The molecule has 1 aliphatic heterocycles. The summed E-state index contributed by atoms with van der Waals surface area (Å²) in [5, 5.41) is 0. The molecule has 0 radical (unpaired) electrons. The maximum absolute atomic E-state index is 12.8. The first-order valence-electron chi connectivity index (χ1n) is 7.85.